The summed E-state index contributed by atoms with van der Waals surface area (Å²) in [6.45, 7) is 2.48. The molecular weight excluding hydrogens is 263 g/mol. The van der Waals surface area contributed by atoms with Gasteiger partial charge in [0.15, 0.2) is 0 Å². The molecule has 0 bridgehead atoms. The maximum absolute atomic E-state index is 13.9. The van der Waals surface area contributed by atoms with Crippen LogP contribution in [0.15, 0.2) is 12.1 Å². The molecule has 0 aliphatic rings. The number of ether oxygens (including phenoxy) is 2. The van der Waals surface area contributed by atoms with E-state index >= 15 is 0 Å². The van der Waals surface area contributed by atoms with E-state index in [1.165, 1.54) is 13.2 Å². The monoisotopic (exact) mass is 284 g/mol. The van der Waals surface area contributed by atoms with Crippen molar-refractivity contribution in [3.05, 3.63) is 23.5 Å². The van der Waals surface area contributed by atoms with E-state index < -0.39 is 11.8 Å². The predicted octanol–water partition coefficient (Wildman–Crippen LogP) is 2.42. The number of anilines is 2. The summed E-state index contributed by atoms with van der Waals surface area (Å²) in [5.41, 5.74) is 6.04. The Hall–Kier alpha value is -1.82. The number of carbonyl (C=O) groups excluding carboxylic acids is 1. The lowest BCUT2D eigenvalue weighted by atomic mass is 10.1. The summed E-state index contributed by atoms with van der Waals surface area (Å²) in [5, 5.41) is 3.03. The van der Waals surface area contributed by atoms with Gasteiger partial charge in [-0.1, -0.05) is 13.3 Å². The van der Waals surface area contributed by atoms with Crippen molar-refractivity contribution in [2.24, 2.45) is 0 Å². The highest BCUT2D eigenvalue weighted by atomic mass is 19.1. The van der Waals surface area contributed by atoms with Crippen molar-refractivity contribution >= 4 is 17.3 Å². The van der Waals surface area contributed by atoms with E-state index in [4.69, 9.17) is 10.5 Å². The molecule has 0 saturated carbocycles. The highest BCUT2D eigenvalue weighted by Crippen LogP contribution is 2.24. The van der Waals surface area contributed by atoms with Crippen LogP contribution in [0, 0.1) is 5.82 Å². The summed E-state index contributed by atoms with van der Waals surface area (Å²) in [4.78, 5) is 11.6. The zero-order valence-corrected chi connectivity index (χ0v) is 12.0. The van der Waals surface area contributed by atoms with Gasteiger partial charge in [-0.2, -0.15) is 0 Å². The second-order valence-electron chi connectivity index (χ2n) is 4.50. The predicted molar refractivity (Wildman–Crippen MR) is 76.3 cm³/mol. The molecule has 6 heteroatoms. The molecule has 1 aromatic rings. The van der Waals surface area contributed by atoms with Gasteiger partial charge < -0.3 is 20.5 Å². The van der Waals surface area contributed by atoms with Gasteiger partial charge in [-0.3, -0.25) is 0 Å². The lowest BCUT2D eigenvalue weighted by molar-refractivity contribution is 0.0602. The standard InChI is InChI=1S/C14H21FN2O3/c1-4-5-9(8-19-2)17-13-6-10(14(18)20-3)12(16)7-11(13)15/h6-7,9,17H,4-5,8,16H2,1-3H3. The van der Waals surface area contributed by atoms with Crippen molar-refractivity contribution in [1.82, 2.24) is 0 Å². The van der Waals surface area contributed by atoms with Gasteiger partial charge in [0.25, 0.3) is 0 Å². The van der Waals surface area contributed by atoms with Crippen LogP contribution in [0.4, 0.5) is 15.8 Å². The molecule has 1 rings (SSSR count). The first-order valence-corrected chi connectivity index (χ1v) is 6.46. The van der Waals surface area contributed by atoms with E-state index in [1.807, 2.05) is 6.92 Å². The number of nitrogen functional groups attached to an aromatic ring is 1. The minimum Gasteiger partial charge on any atom is -0.465 e. The van der Waals surface area contributed by atoms with Gasteiger partial charge in [0.1, 0.15) is 5.82 Å². The minimum absolute atomic E-state index is 0.0337. The summed E-state index contributed by atoms with van der Waals surface area (Å²) in [5.74, 6) is -1.10. The number of hydrogen-bond donors (Lipinski definition) is 2. The van der Waals surface area contributed by atoms with E-state index in [-0.39, 0.29) is 23.0 Å². The zero-order valence-electron chi connectivity index (χ0n) is 12.0. The van der Waals surface area contributed by atoms with Gasteiger partial charge in [0.05, 0.1) is 25.0 Å². The minimum atomic E-state index is -0.593. The molecule has 1 atom stereocenters. The second kappa shape index (κ2) is 7.69. The topological polar surface area (TPSA) is 73.6 Å². The molecule has 112 valence electrons. The highest BCUT2D eigenvalue weighted by molar-refractivity contribution is 5.96. The molecule has 3 N–H and O–H groups in total. The van der Waals surface area contributed by atoms with Gasteiger partial charge in [0.2, 0.25) is 0 Å². The largest absolute Gasteiger partial charge is 0.465 e. The summed E-state index contributed by atoms with van der Waals surface area (Å²) >= 11 is 0. The van der Waals surface area contributed by atoms with Crippen LogP contribution in [0.25, 0.3) is 0 Å². The van der Waals surface area contributed by atoms with Gasteiger partial charge in [-0.05, 0) is 18.6 Å². The van der Waals surface area contributed by atoms with Crippen molar-refractivity contribution < 1.29 is 18.7 Å². The Balaban J connectivity index is 3.01. The lowest BCUT2D eigenvalue weighted by Crippen LogP contribution is -2.25. The highest BCUT2D eigenvalue weighted by Gasteiger charge is 2.16. The van der Waals surface area contributed by atoms with Crippen LogP contribution in [0.3, 0.4) is 0 Å². The summed E-state index contributed by atoms with van der Waals surface area (Å²) in [6.07, 6.45) is 1.76. The number of hydrogen-bond acceptors (Lipinski definition) is 5. The number of rotatable bonds is 7. The van der Waals surface area contributed by atoms with Crippen LogP contribution in [-0.2, 0) is 9.47 Å². The van der Waals surface area contributed by atoms with Gasteiger partial charge >= 0.3 is 5.97 Å². The normalized spacial score (nSPS) is 12.0. The third-order valence-corrected chi connectivity index (χ3v) is 2.91. The van der Waals surface area contributed by atoms with E-state index in [2.05, 4.69) is 10.1 Å². The first-order chi connectivity index (χ1) is 9.53. The molecule has 0 amide bonds. The number of nitrogens with two attached hydrogens (primary N) is 1. The van der Waals surface area contributed by atoms with E-state index in [0.717, 1.165) is 18.9 Å². The third kappa shape index (κ3) is 4.09. The SMILES string of the molecule is CCCC(COC)Nc1cc(C(=O)OC)c(N)cc1F. The number of carbonyl (C=O) groups is 1. The van der Waals surface area contributed by atoms with Crippen LogP contribution in [-0.4, -0.2) is 32.8 Å². The third-order valence-electron chi connectivity index (χ3n) is 2.91. The van der Waals surface area contributed by atoms with Crippen LogP contribution < -0.4 is 11.1 Å². The first-order valence-electron chi connectivity index (χ1n) is 6.46. The number of methoxy groups -OCH3 is 2. The van der Waals surface area contributed by atoms with E-state index in [1.54, 1.807) is 7.11 Å². The molecule has 0 radical (unpaired) electrons. The number of esters is 1. The summed E-state index contributed by atoms with van der Waals surface area (Å²) in [7, 11) is 2.84. The van der Waals surface area contributed by atoms with Crippen LogP contribution >= 0.6 is 0 Å². The average molecular weight is 284 g/mol. The maximum atomic E-state index is 13.9. The van der Waals surface area contributed by atoms with Crippen molar-refractivity contribution in [2.45, 2.75) is 25.8 Å². The molecular formula is C14H21FN2O3. The number of halogens is 1. The van der Waals surface area contributed by atoms with Crippen molar-refractivity contribution in [3.63, 3.8) is 0 Å². The fourth-order valence-corrected chi connectivity index (χ4v) is 1.95. The molecule has 0 aliphatic carbocycles. The molecule has 0 aliphatic heterocycles. The Morgan fingerprint density at radius 3 is 2.70 bits per heavy atom. The second-order valence-corrected chi connectivity index (χ2v) is 4.50. The molecule has 0 aromatic heterocycles. The molecule has 0 saturated heterocycles. The van der Waals surface area contributed by atoms with Crippen LogP contribution in [0.2, 0.25) is 0 Å². The smallest absolute Gasteiger partial charge is 0.340 e. The van der Waals surface area contributed by atoms with E-state index in [9.17, 15) is 9.18 Å². The Labute approximate surface area is 118 Å². The molecule has 0 spiro atoms. The molecule has 5 nitrogen and oxygen atoms in total. The van der Waals surface area contributed by atoms with Crippen molar-refractivity contribution in [1.29, 1.82) is 0 Å². The maximum Gasteiger partial charge on any atom is 0.340 e. The van der Waals surface area contributed by atoms with Crippen LogP contribution in [0.1, 0.15) is 30.1 Å². The lowest BCUT2D eigenvalue weighted by Gasteiger charge is -2.19. The van der Waals surface area contributed by atoms with Crippen molar-refractivity contribution in [3.8, 4) is 0 Å². The Morgan fingerprint density at radius 2 is 2.15 bits per heavy atom. The molecule has 1 unspecified atom stereocenters. The van der Waals surface area contributed by atoms with Gasteiger partial charge in [-0.15, -0.1) is 0 Å². The average Bonchev–Trinajstić information content (AvgIpc) is 2.41. The Bertz CT molecular complexity index is 460. The molecule has 1 aromatic carbocycles. The van der Waals surface area contributed by atoms with Gasteiger partial charge in [-0.25, -0.2) is 9.18 Å². The fourth-order valence-electron chi connectivity index (χ4n) is 1.95. The summed E-state index contributed by atoms with van der Waals surface area (Å²) in [6, 6.07) is 2.45. The molecule has 0 heterocycles. The number of benzene rings is 1. The molecule has 0 fully saturated rings. The zero-order chi connectivity index (χ0) is 15.1. The number of nitrogens with one attached hydrogen (secondary N) is 1. The fraction of sp³-hybridized carbons (Fsp3) is 0.500. The Morgan fingerprint density at radius 1 is 1.45 bits per heavy atom. The quantitative estimate of drug-likeness (QED) is 0.594. The molecule has 20 heavy (non-hydrogen) atoms. The van der Waals surface area contributed by atoms with Crippen molar-refractivity contribution in [2.75, 3.05) is 31.9 Å². The van der Waals surface area contributed by atoms with E-state index in [0.29, 0.717) is 6.61 Å². The first kappa shape index (κ1) is 16.2. The van der Waals surface area contributed by atoms with Crippen LogP contribution in [0.5, 0.6) is 0 Å². The summed E-state index contributed by atoms with van der Waals surface area (Å²) < 4.78 is 23.6. The Kier molecular flexibility index (Phi) is 6.24. The van der Waals surface area contributed by atoms with Gasteiger partial charge in [0, 0.05) is 18.8 Å².